The lowest BCUT2D eigenvalue weighted by atomic mass is 9.97. The first-order valence-electron chi connectivity index (χ1n) is 6.36. The Bertz CT molecular complexity index is 431. The molecule has 1 aromatic carbocycles. The first-order valence-corrected chi connectivity index (χ1v) is 6.36. The molecule has 0 radical (unpaired) electrons. The fourth-order valence-corrected chi connectivity index (χ4v) is 2.51. The molecule has 3 N–H and O–H groups in total. The molecule has 0 bridgehead atoms. The van der Waals surface area contributed by atoms with Crippen molar-refractivity contribution in [3.05, 3.63) is 29.8 Å². The fourth-order valence-electron chi connectivity index (χ4n) is 2.51. The van der Waals surface area contributed by atoms with E-state index >= 15 is 0 Å². The summed E-state index contributed by atoms with van der Waals surface area (Å²) in [7, 11) is 1.59. The number of hydrogen-bond acceptors (Lipinski definition) is 3. The number of amides is 1. The average Bonchev–Trinajstić information content (AvgIpc) is 2.88. The molecule has 1 aliphatic carbocycles. The predicted molar refractivity (Wildman–Crippen MR) is 78.0 cm³/mol. The third-order valence-corrected chi connectivity index (χ3v) is 3.66. The van der Waals surface area contributed by atoms with Gasteiger partial charge in [0.25, 0.3) is 5.91 Å². The number of halogens is 1. The van der Waals surface area contributed by atoms with E-state index in [1.807, 2.05) is 12.1 Å². The Labute approximate surface area is 120 Å². The number of benzene rings is 1. The standard InChI is InChI=1S/C14H20N2O2.ClH/c1-18-12-6-4-5-11(9-12)13(17)16-14(10-15)7-2-3-8-14;/h4-6,9H,2-3,7-8,10,15H2,1H3,(H,16,17);1H. The molecule has 0 spiro atoms. The van der Waals surface area contributed by atoms with E-state index in [0.29, 0.717) is 17.9 Å². The fraction of sp³-hybridized carbons (Fsp3) is 0.500. The molecule has 0 aromatic heterocycles. The summed E-state index contributed by atoms with van der Waals surface area (Å²) in [5.41, 5.74) is 6.22. The Balaban J connectivity index is 0.00000180. The van der Waals surface area contributed by atoms with Gasteiger partial charge in [-0.15, -0.1) is 12.4 Å². The van der Waals surface area contributed by atoms with Gasteiger partial charge in [-0.05, 0) is 31.0 Å². The van der Waals surface area contributed by atoms with Crippen LogP contribution in [0.2, 0.25) is 0 Å². The summed E-state index contributed by atoms with van der Waals surface area (Å²) in [4.78, 5) is 12.2. The minimum absolute atomic E-state index is 0. The van der Waals surface area contributed by atoms with Crippen LogP contribution in [0.15, 0.2) is 24.3 Å². The third kappa shape index (κ3) is 3.61. The van der Waals surface area contributed by atoms with Gasteiger partial charge < -0.3 is 15.8 Å². The smallest absolute Gasteiger partial charge is 0.251 e. The molecule has 0 aliphatic heterocycles. The number of hydrogen-bond donors (Lipinski definition) is 2. The first-order chi connectivity index (χ1) is 8.69. The maximum atomic E-state index is 12.2. The summed E-state index contributed by atoms with van der Waals surface area (Å²) >= 11 is 0. The van der Waals surface area contributed by atoms with Crippen LogP contribution in [0.1, 0.15) is 36.0 Å². The normalized spacial score (nSPS) is 16.5. The van der Waals surface area contributed by atoms with Crippen LogP contribution in [0.25, 0.3) is 0 Å². The Morgan fingerprint density at radius 1 is 1.42 bits per heavy atom. The summed E-state index contributed by atoms with van der Waals surface area (Å²) in [5, 5.41) is 3.09. The molecule has 1 aliphatic rings. The van der Waals surface area contributed by atoms with Gasteiger partial charge in [0.15, 0.2) is 0 Å². The number of ether oxygens (including phenoxy) is 1. The van der Waals surface area contributed by atoms with E-state index in [1.54, 1.807) is 19.2 Å². The zero-order chi connectivity index (χ0) is 13.0. The van der Waals surface area contributed by atoms with Crippen molar-refractivity contribution >= 4 is 18.3 Å². The van der Waals surface area contributed by atoms with Crippen molar-refractivity contribution in [1.29, 1.82) is 0 Å². The second-order valence-corrected chi connectivity index (χ2v) is 4.88. The van der Waals surface area contributed by atoms with Gasteiger partial charge in [-0.25, -0.2) is 0 Å². The Morgan fingerprint density at radius 2 is 2.11 bits per heavy atom. The number of rotatable bonds is 4. The van der Waals surface area contributed by atoms with Gasteiger partial charge >= 0.3 is 0 Å². The van der Waals surface area contributed by atoms with E-state index in [9.17, 15) is 4.79 Å². The van der Waals surface area contributed by atoms with Gasteiger partial charge in [0.05, 0.1) is 12.6 Å². The minimum atomic E-state index is -0.208. The van der Waals surface area contributed by atoms with Crippen molar-refractivity contribution in [3.8, 4) is 5.75 Å². The summed E-state index contributed by atoms with van der Waals surface area (Å²) < 4.78 is 5.12. The number of nitrogens with two attached hydrogens (primary N) is 1. The minimum Gasteiger partial charge on any atom is -0.497 e. The number of carbonyl (C=O) groups excluding carboxylic acids is 1. The van der Waals surface area contributed by atoms with E-state index in [1.165, 1.54) is 0 Å². The van der Waals surface area contributed by atoms with Crippen molar-refractivity contribution in [2.24, 2.45) is 5.73 Å². The summed E-state index contributed by atoms with van der Waals surface area (Å²) in [5.74, 6) is 0.622. The van der Waals surface area contributed by atoms with E-state index in [2.05, 4.69) is 5.32 Å². The van der Waals surface area contributed by atoms with Crippen LogP contribution in [0.5, 0.6) is 5.75 Å². The maximum Gasteiger partial charge on any atom is 0.251 e. The number of carbonyl (C=O) groups is 1. The summed E-state index contributed by atoms with van der Waals surface area (Å²) in [6.45, 7) is 0.503. The van der Waals surface area contributed by atoms with Crippen molar-refractivity contribution in [2.45, 2.75) is 31.2 Å². The summed E-state index contributed by atoms with van der Waals surface area (Å²) in [6, 6.07) is 7.17. The second-order valence-electron chi connectivity index (χ2n) is 4.88. The van der Waals surface area contributed by atoms with Gasteiger partial charge in [0.1, 0.15) is 5.75 Å². The lowest BCUT2D eigenvalue weighted by Crippen LogP contribution is -2.51. The molecule has 1 amide bonds. The number of methoxy groups -OCH3 is 1. The monoisotopic (exact) mass is 284 g/mol. The molecule has 1 aromatic rings. The van der Waals surface area contributed by atoms with Gasteiger partial charge in [-0.2, -0.15) is 0 Å². The van der Waals surface area contributed by atoms with Crippen LogP contribution in [-0.2, 0) is 0 Å². The molecular formula is C14H21ClN2O2. The summed E-state index contributed by atoms with van der Waals surface area (Å²) in [6.07, 6.45) is 4.21. The lowest BCUT2D eigenvalue weighted by Gasteiger charge is -2.28. The highest BCUT2D eigenvalue weighted by atomic mass is 35.5. The first kappa shape index (κ1) is 15.8. The Kier molecular flexibility index (Phi) is 5.63. The quantitative estimate of drug-likeness (QED) is 0.890. The van der Waals surface area contributed by atoms with E-state index < -0.39 is 0 Å². The predicted octanol–water partition coefficient (Wildman–Crippen LogP) is 2.12. The van der Waals surface area contributed by atoms with Gasteiger partial charge in [-0.1, -0.05) is 18.9 Å². The van der Waals surface area contributed by atoms with Crippen LogP contribution in [0, 0.1) is 0 Å². The molecule has 5 heteroatoms. The van der Waals surface area contributed by atoms with Gasteiger partial charge in [0.2, 0.25) is 0 Å². The maximum absolute atomic E-state index is 12.2. The van der Waals surface area contributed by atoms with Crippen molar-refractivity contribution in [3.63, 3.8) is 0 Å². The molecule has 1 fully saturated rings. The van der Waals surface area contributed by atoms with Crippen molar-refractivity contribution in [1.82, 2.24) is 5.32 Å². The zero-order valence-electron chi connectivity index (χ0n) is 11.1. The largest absolute Gasteiger partial charge is 0.497 e. The highest BCUT2D eigenvalue weighted by molar-refractivity contribution is 5.95. The number of nitrogens with one attached hydrogen (secondary N) is 1. The van der Waals surface area contributed by atoms with Crippen molar-refractivity contribution in [2.75, 3.05) is 13.7 Å². The lowest BCUT2D eigenvalue weighted by molar-refractivity contribution is 0.0902. The second kappa shape index (κ2) is 6.78. The topological polar surface area (TPSA) is 64.3 Å². The molecule has 0 heterocycles. The SMILES string of the molecule is COc1cccc(C(=O)NC2(CN)CCCC2)c1.Cl. The molecule has 0 atom stereocenters. The van der Waals surface area contributed by atoms with E-state index in [0.717, 1.165) is 25.7 Å². The van der Waals surface area contributed by atoms with Crippen LogP contribution in [0.3, 0.4) is 0 Å². The van der Waals surface area contributed by atoms with Crippen LogP contribution < -0.4 is 15.8 Å². The van der Waals surface area contributed by atoms with Crippen LogP contribution >= 0.6 is 12.4 Å². The van der Waals surface area contributed by atoms with Gasteiger partial charge in [-0.3, -0.25) is 4.79 Å². The highest BCUT2D eigenvalue weighted by Gasteiger charge is 2.34. The van der Waals surface area contributed by atoms with E-state index in [4.69, 9.17) is 10.5 Å². The molecule has 0 unspecified atom stereocenters. The zero-order valence-corrected chi connectivity index (χ0v) is 12.0. The molecule has 0 saturated heterocycles. The van der Waals surface area contributed by atoms with Crippen LogP contribution in [-0.4, -0.2) is 25.1 Å². The molecule has 1 saturated carbocycles. The van der Waals surface area contributed by atoms with Crippen molar-refractivity contribution < 1.29 is 9.53 Å². The molecule has 2 rings (SSSR count). The van der Waals surface area contributed by atoms with E-state index in [-0.39, 0.29) is 23.9 Å². The van der Waals surface area contributed by atoms with Crippen LogP contribution in [0.4, 0.5) is 0 Å². The molecule has 106 valence electrons. The highest BCUT2D eigenvalue weighted by Crippen LogP contribution is 2.29. The third-order valence-electron chi connectivity index (χ3n) is 3.66. The molecule has 4 nitrogen and oxygen atoms in total. The Morgan fingerprint density at radius 3 is 2.68 bits per heavy atom. The molecular weight excluding hydrogens is 264 g/mol. The average molecular weight is 285 g/mol. The Hall–Kier alpha value is -1.26. The molecule has 19 heavy (non-hydrogen) atoms. The van der Waals surface area contributed by atoms with Gasteiger partial charge in [0, 0.05) is 12.1 Å².